The Hall–Kier alpha value is -2.10. The zero-order valence-electron chi connectivity index (χ0n) is 16.6. The first-order valence-electron chi connectivity index (χ1n) is 9.52. The number of carbonyl (C=O) groups excluding carboxylic acids is 1. The summed E-state index contributed by atoms with van der Waals surface area (Å²) in [5, 5.41) is 0.705. The van der Waals surface area contributed by atoms with Crippen molar-refractivity contribution < 1.29 is 4.79 Å². The highest BCUT2D eigenvalue weighted by molar-refractivity contribution is 7.12. The molecule has 1 amide bonds. The smallest absolute Gasteiger partial charge is 0.232 e. The molecule has 1 aliphatic heterocycles. The highest BCUT2D eigenvalue weighted by Gasteiger charge is 2.46. The predicted molar refractivity (Wildman–Crippen MR) is 118 cm³/mol. The molecule has 3 aromatic rings. The summed E-state index contributed by atoms with van der Waals surface area (Å²) in [5.41, 5.74) is 2.85. The molecule has 2 nitrogen and oxygen atoms in total. The van der Waals surface area contributed by atoms with E-state index in [1.807, 2.05) is 55.2 Å². The number of aryl methyl sites for hydroxylation is 1. The number of benzene rings is 2. The van der Waals surface area contributed by atoms with Crippen LogP contribution in [0.15, 0.2) is 60.7 Å². The molecule has 0 saturated carbocycles. The first kappa shape index (κ1) is 19.2. The Balaban J connectivity index is 1.95. The van der Waals surface area contributed by atoms with Crippen molar-refractivity contribution in [3.05, 3.63) is 86.6 Å². The molecule has 4 heteroatoms. The summed E-state index contributed by atoms with van der Waals surface area (Å²) in [5.74, 6) is 0.248. The number of halogens is 1. The third-order valence-corrected chi connectivity index (χ3v) is 6.60. The molecule has 0 fully saturated rings. The Kier molecular flexibility index (Phi) is 4.84. The fraction of sp³-hybridized carbons (Fsp3) is 0.292. The van der Waals surface area contributed by atoms with Gasteiger partial charge in [0.2, 0.25) is 5.91 Å². The van der Waals surface area contributed by atoms with Crippen molar-refractivity contribution in [3.63, 3.8) is 0 Å². The van der Waals surface area contributed by atoms with Gasteiger partial charge >= 0.3 is 0 Å². The molecule has 2 aromatic carbocycles. The average molecular weight is 410 g/mol. The molecule has 0 saturated heterocycles. The van der Waals surface area contributed by atoms with E-state index in [-0.39, 0.29) is 17.9 Å². The minimum atomic E-state index is -0.474. The largest absolute Gasteiger partial charge is 0.303 e. The lowest BCUT2D eigenvalue weighted by molar-refractivity contribution is -0.126. The van der Waals surface area contributed by atoms with Crippen LogP contribution in [0, 0.1) is 12.3 Å². The number of para-hydroxylation sites is 1. The molecule has 144 valence electrons. The molecule has 1 aliphatic rings. The Morgan fingerprint density at radius 2 is 1.68 bits per heavy atom. The number of rotatable bonds is 2. The lowest BCUT2D eigenvalue weighted by atomic mass is 9.87. The van der Waals surface area contributed by atoms with Gasteiger partial charge in [0.05, 0.1) is 6.04 Å². The van der Waals surface area contributed by atoms with Gasteiger partial charge in [-0.1, -0.05) is 62.7 Å². The van der Waals surface area contributed by atoms with E-state index in [1.165, 1.54) is 15.3 Å². The van der Waals surface area contributed by atoms with Gasteiger partial charge in [-0.3, -0.25) is 4.79 Å². The lowest BCUT2D eigenvalue weighted by Crippen LogP contribution is -2.41. The van der Waals surface area contributed by atoms with Crippen LogP contribution in [0.1, 0.15) is 53.6 Å². The number of amides is 1. The SMILES string of the molecule is Cc1ccc([C@@H]2c3ccccc3N(C(=O)C(C)(C)C)[C@H]2c2ccc(Cl)cc2)s1. The third-order valence-electron chi connectivity index (χ3n) is 5.26. The summed E-state index contributed by atoms with van der Waals surface area (Å²) in [4.78, 5) is 18.1. The van der Waals surface area contributed by atoms with E-state index in [9.17, 15) is 4.79 Å². The van der Waals surface area contributed by atoms with E-state index < -0.39 is 5.41 Å². The summed E-state index contributed by atoms with van der Waals surface area (Å²) in [6, 6.07) is 20.5. The fourth-order valence-corrected chi connectivity index (χ4v) is 5.12. The summed E-state index contributed by atoms with van der Waals surface area (Å²) < 4.78 is 0. The Bertz CT molecular complexity index is 1020. The van der Waals surface area contributed by atoms with Crippen LogP contribution >= 0.6 is 22.9 Å². The van der Waals surface area contributed by atoms with Gasteiger partial charge in [-0.15, -0.1) is 11.3 Å². The van der Waals surface area contributed by atoms with Gasteiger partial charge in [-0.05, 0) is 48.4 Å². The second kappa shape index (κ2) is 7.06. The van der Waals surface area contributed by atoms with Gasteiger partial charge in [0, 0.05) is 31.8 Å². The molecular formula is C24H24ClNOS. The minimum Gasteiger partial charge on any atom is -0.303 e. The second-order valence-corrected chi connectivity index (χ2v) is 10.2. The van der Waals surface area contributed by atoms with Gasteiger partial charge in [-0.25, -0.2) is 0 Å². The number of anilines is 1. The summed E-state index contributed by atoms with van der Waals surface area (Å²) in [6.07, 6.45) is 0. The number of fused-ring (bicyclic) bond motifs is 1. The van der Waals surface area contributed by atoms with Crippen LogP contribution in [0.5, 0.6) is 0 Å². The number of hydrogen-bond acceptors (Lipinski definition) is 2. The highest BCUT2D eigenvalue weighted by Crippen LogP contribution is 2.54. The number of carbonyl (C=O) groups is 1. The fourth-order valence-electron chi connectivity index (χ4n) is 3.97. The molecular weight excluding hydrogens is 386 g/mol. The van der Waals surface area contributed by atoms with Crippen molar-refractivity contribution in [3.8, 4) is 0 Å². The van der Waals surface area contributed by atoms with Crippen molar-refractivity contribution in [2.75, 3.05) is 4.90 Å². The lowest BCUT2D eigenvalue weighted by Gasteiger charge is -2.33. The van der Waals surface area contributed by atoms with E-state index >= 15 is 0 Å². The molecule has 2 heterocycles. The summed E-state index contributed by atoms with van der Waals surface area (Å²) >= 11 is 7.96. The summed E-state index contributed by atoms with van der Waals surface area (Å²) in [6.45, 7) is 8.09. The van der Waals surface area contributed by atoms with Crippen LogP contribution in [-0.2, 0) is 4.79 Å². The molecule has 0 N–H and O–H groups in total. The minimum absolute atomic E-state index is 0.0839. The van der Waals surface area contributed by atoms with Crippen LogP contribution in [0.3, 0.4) is 0 Å². The monoisotopic (exact) mass is 409 g/mol. The number of nitrogens with zero attached hydrogens (tertiary/aromatic N) is 1. The molecule has 0 spiro atoms. The average Bonchev–Trinajstić information content (AvgIpc) is 3.22. The van der Waals surface area contributed by atoms with Crippen molar-refractivity contribution in [2.24, 2.45) is 5.41 Å². The number of hydrogen-bond donors (Lipinski definition) is 0. The van der Waals surface area contributed by atoms with E-state index in [1.54, 1.807) is 0 Å². The van der Waals surface area contributed by atoms with Crippen molar-refractivity contribution in [2.45, 2.75) is 39.7 Å². The molecule has 0 bridgehead atoms. The molecule has 0 radical (unpaired) electrons. The van der Waals surface area contributed by atoms with Gasteiger partial charge < -0.3 is 4.90 Å². The zero-order chi connectivity index (χ0) is 20.1. The van der Waals surface area contributed by atoms with Crippen LogP contribution in [0.4, 0.5) is 5.69 Å². The van der Waals surface area contributed by atoms with E-state index in [0.29, 0.717) is 5.02 Å². The topological polar surface area (TPSA) is 20.3 Å². The third kappa shape index (κ3) is 3.27. The molecule has 1 aromatic heterocycles. The maximum atomic E-state index is 13.6. The van der Waals surface area contributed by atoms with Crippen molar-refractivity contribution in [1.29, 1.82) is 0 Å². The zero-order valence-corrected chi connectivity index (χ0v) is 18.1. The molecule has 4 rings (SSSR count). The normalized spacial score (nSPS) is 19.0. The van der Waals surface area contributed by atoms with Gasteiger partial charge in [0.15, 0.2) is 0 Å². The first-order valence-corrected chi connectivity index (χ1v) is 10.7. The predicted octanol–water partition coefficient (Wildman–Crippen LogP) is 6.98. The maximum absolute atomic E-state index is 13.6. The van der Waals surface area contributed by atoms with Crippen LogP contribution in [-0.4, -0.2) is 5.91 Å². The van der Waals surface area contributed by atoms with Gasteiger partial charge in [0.1, 0.15) is 0 Å². The Morgan fingerprint density at radius 3 is 2.29 bits per heavy atom. The summed E-state index contributed by atoms with van der Waals surface area (Å²) in [7, 11) is 0. The van der Waals surface area contributed by atoms with E-state index in [4.69, 9.17) is 11.6 Å². The quantitative estimate of drug-likeness (QED) is 0.447. The van der Waals surface area contributed by atoms with Gasteiger partial charge in [0.25, 0.3) is 0 Å². The Morgan fingerprint density at radius 1 is 1.00 bits per heavy atom. The maximum Gasteiger partial charge on any atom is 0.232 e. The van der Waals surface area contributed by atoms with E-state index in [2.05, 4.69) is 49.4 Å². The first-order chi connectivity index (χ1) is 13.3. The molecule has 0 aliphatic carbocycles. The standard InChI is InChI=1S/C24H24ClNOS/c1-15-9-14-20(28-15)21-18-7-5-6-8-19(18)26(23(27)24(2,3)4)22(21)16-10-12-17(25)13-11-16/h5-14,21-22H,1-4H3/t21-,22-/m0/s1. The second-order valence-electron chi connectivity index (χ2n) is 8.41. The molecule has 28 heavy (non-hydrogen) atoms. The van der Waals surface area contributed by atoms with Gasteiger partial charge in [-0.2, -0.15) is 0 Å². The number of thiophene rings is 1. The van der Waals surface area contributed by atoms with E-state index in [0.717, 1.165) is 11.3 Å². The highest BCUT2D eigenvalue weighted by atomic mass is 35.5. The van der Waals surface area contributed by atoms with Crippen LogP contribution in [0.2, 0.25) is 5.02 Å². The molecule has 0 unspecified atom stereocenters. The Labute approximate surface area is 175 Å². The molecule has 2 atom stereocenters. The van der Waals surface area contributed by atoms with Crippen molar-refractivity contribution in [1.82, 2.24) is 0 Å². The van der Waals surface area contributed by atoms with Crippen LogP contribution in [0.25, 0.3) is 0 Å². The van der Waals surface area contributed by atoms with Crippen LogP contribution < -0.4 is 4.90 Å². The van der Waals surface area contributed by atoms with Crippen molar-refractivity contribution >= 4 is 34.5 Å².